The summed E-state index contributed by atoms with van der Waals surface area (Å²) in [7, 11) is 0. The van der Waals surface area contributed by atoms with Crippen LogP contribution in [-0.4, -0.2) is 59.3 Å². The number of primary amides is 1. The molecule has 1 fully saturated rings. The van der Waals surface area contributed by atoms with Gasteiger partial charge in [0.05, 0.1) is 25.9 Å². The van der Waals surface area contributed by atoms with Crippen molar-refractivity contribution in [2.75, 3.05) is 19.8 Å². The Bertz CT molecular complexity index is 483. The second-order valence-electron chi connectivity index (χ2n) is 4.29. The lowest BCUT2D eigenvalue weighted by Crippen LogP contribution is -2.40. The first-order valence-corrected chi connectivity index (χ1v) is 6.10. The summed E-state index contributed by atoms with van der Waals surface area (Å²) in [4.78, 5) is 22.8. The highest BCUT2D eigenvalue weighted by atomic mass is 16.7. The first-order valence-electron chi connectivity index (χ1n) is 6.10. The molecule has 0 aromatic carbocycles. The molecule has 0 spiro atoms. The zero-order valence-electron chi connectivity index (χ0n) is 10.7. The molecule has 9 nitrogen and oxygen atoms in total. The summed E-state index contributed by atoms with van der Waals surface area (Å²) in [5, 5.41) is 17.8. The number of amides is 2. The fourth-order valence-electron chi connectivity index (χ4n) is 1.78. The van der Waals surface area contributed by atoms with Crippen molar-refractivity contribution in [3.8, 4) is 0 Å². The van der Waals surface area contributed by atoms with Crippen LogP contribution in [0.1, 0.15) is 27.4 Å². The summed E-state index contributed by atoms with van der Waals surface area (Å²) in [5.41, 5.74) is 5.10. The molecule has 0 saturated carbocycles. The highest BCUT2D eigenvalue weighted by Gasteiger charge is 2.23. The Kier molecular flexibility index (Phi) is 4.66. The molecule has 1 aliphatic rings. The van der Waals surface area contributed by atoms with E-state index in [-0.39, 0.29) is 18.0 Å². The van der Waals surface area contributed by atoms with E-state index in [4.69, 9.17) is 15.2 Å². The van der Waals surface area contributed by atoms with Gasteiger partial charge >= 0.3 is 0 Å². The average Bonchev–Trinajstić information content (AvgIpc) is 3.08. The Morgan fingerprint density at radius 3 is 2.80 bits per heavy atom. The average molecular weight is 284 g/mol. The Morgan fingerprint density at radius 2 is 2.25 bits per heavy atom. The second kappa shape index (κ2) is 6.46. The fourth-order valence-corrected chi connectivity index (χ4v) is 1.78. The van der Waals surface area contributed by atoms with Crippen LogP contribution in [0.4, 0.5) is 0 Å². The van der Waals surface area contributed by atoms with E-state index in [9.17, 15) is 14.7 Å². The Hall–Kier alpha value is -1.97. The monoisotopic (exact) mass is 284 g/mol. The summed E-state index contributed by atoms with van der Waals surface area (Å²) in [5.74, 6) is -1.23. The lowest BCUT2D eigenvalue weighted by molar-refractivity contribution is -0.0552. The van der Waals surface area contributed by atoms with E-state index < -0.39 is 24.1 Å². The van der Waals surface area contributed by atoms with Crippen molar-refractivity contribution in [3.63, 3.8) is 0 Å². The highest BCUT2D eigenvalue weighted by molar-refractivity contribution is 5.97. The van der Waals surface area contributed by atoms with E-state index in [1.165, 1.54) is 6.07 Å². The summed E-state index contributed by atoms with van der Waals surface area (Å²) < 4.78 is 10.5. The molecule has 110 valence electrons. The van der Waals surface area contributed by atoms with Crippen LogP contribution >= 0.6 is 0 Å². The fraction of sp³-hybridized carbons (Fsp3) is 0.545. The largest absolute Gasteiger partial charge is 0.394 e. The first-order chi connectivity index (χ1) is 9.60. The molecular weight excluding hydrogens is 268 g/mol. The number of H-pyrrole nitrogens is 1. The van der Waals surface area contributed by atoms with Crippen LogP contribution in [0.5, 0.6) is 0 Å². The summed E-state index contributed by atoms with van der Waals surface area (Å²) in [6, 6.07) is 0.722. The predicted molar refractivity (Wildman–Crippen MR) is 65.8 cm³/mol. The third-order valence-corrected chi connectivity index (χ3v) is 2.80. The van der Waals surface area contributed by atoms with Gasteiger partial charge in [-0.3, -0.25) is 14.7 Å². The van der Waals surface area contributed by atoms with Crippen molar-refractivity contribution in [2.24, 2.45) is 5.73 Å². The minimum absolute atomic E-state index is 0.0295. The van der Waals surface area contributed by atoms with Gasteiger partial charge in [-0.1, -0.05) is 0 Å². The van der Waals surface area contributed by atoms with Gasteiger partial charge in [-0.05, 0) is 0 Å². The molecule has 1 saturated heterocycles. The number of aliphatic hydroxyl groups excluding tert-OH is 1. The Labute approximate surface area is 114 Å². The molecular formula is C11H16N4O5. The molecule has 0 radical (unpaired) electrons. The molecule has 20 heavy (non-hydrogen) atoms. The van der Waals surface area contributed by atoms with E-state index >= 15 is 0 Å². The van der Waals surface area contributed by atoms with Crippen LogP contribution < -0.4 is 11.1 Å². The Morgan fingerprint density at radius 1 is 1.55 bits per heavy atom. The summed E-state index contributed by atoms with van der Waals surface area (Å²) >= 11 is 0. The quantitative estimate of drug-likeness (QED) is 0.494. The molecule has 5 N–H and O–H groups in total. The number of aliphatic hydroxyl groups is 1. The lowest BCUT2D eigenvalue weighted by atomic mass is 10.2. The van der Waals surface area contributed by atoms with Crippen LogP contribution in [0, 0.1) is 0 Å². The number of rotatable bonds is 6. The minimum atomic E-state index is -0.730. The number of aromatic amines is 1. The molecule has 0 aliphatic carbocycles. The van der Waals surface area contributed by atoms with Crippen LogP contribution in [-0.2, 0) is 9.47 Å². The first kappa shape index (κ1) is 14.4. The van der Waals surface area contributed by atoms with Crippen LogP contribution in [0.2, 0.25) is 0 Å². The van der Waals surface area contributed by atoms with Gasteiger partial charge in [-0.2, -0.15) is 5.10 Å². The van der Waals surface area contributed by atoms with Gasteiger partial charge in [0.15, 0.2) is 12.0 Å². The topological polar surface area (TPSA) is 140 Å². The van der Waals surface area contributed by atoms with Gasteiger partial charge in [0.2, 0.25) is 0 Å². The number of aromatic nitrogens is 2. The maximum atomic E-state index is 11.9. The number of carbonyl (C=O) groups is 2. The Balaban J connectivity index is 1.91. The van der Waals surface area contributed by atoms with Crippen molar-refractivity contribution in [2.45, 2.75) is 18.8 Å². The normalized spacial score (nSPS) is 17.1. The number of carbonyl (C=O) groups excluding carboxylic acids is 2. The standard InChI is InChI=1S/C11H16N4O5/c12-10(17)7-4-8(15-14-7)11(18)13-6(5-16)3-9-19-1-2-20-9/h4,6,9,16H,1-3,5H2,(H2,12,17)(H,13,18)(H,14,15). The number of nitrogens with one attached hydrogen (secondary N) is 2. The summed E-state index contributed by atoms with van der Waals surface area (Å²) in [6.45, 7) is 0.740. The summed E-state index contributed by atoms with van der Waals surface area (Å²) in [6.07, 6.45) is -0.102. The van der Waals surface area contributed by atoms with Gasteiger partial charge in [-0.15, -0.1) is 0 Å². The highest BCUT2D eigenvalue weighted by Crippen LogP contribution is 2.11. The molecule has 1 atom stereocenters. The van der Waals surface area contributed by atoms with Crippen LogP contribution in [0.15, 0.2) is 6.07 Å². The van der Waals surface area contributed by atoms with Crippen LogP contribution in [0.25, 0.3) is 0 Å². The molecule has 2 rings (SSSR count). The third kappa shape index (κ3) is 3.53. The predicted octanol–water partition coefficient (Wildman–Crippen LogP) is -1.64. The number of nitrogens with two attached hydrogens (primary N) is 1. The van der Waals surface area contributed by atoms with E-state index in [0.29, 0.717) is 19.6 Å². The number of nitrogens with zero attached hydrogens (tertiary/aromatic N) is 1. The molecule has 2 heterocycles. The molecule has 0 bridgehead atoms. The molecule has 1 unspecified atom stereocenters. The number of hydrogen-bond acceptors (Lipinski definition) is 6. The lowest BCUT2D eigenvalue weighted by Gasteiger charge is -2.18. The molecule has 2 amide bonds. The third-order valence-electron chi connectivity index (χ3n) is 2.80. The molecule has 1 aromatic heterocycles. The maximum absolute atomic E-state index is 11.9. The molecule has 1 aromatic rings. The molecule has 1 aliphatic heterocycles. The van der Waals surface area contributed by atoms with Gasteiger partial charge in [0.25, 0.3) is 11.8 Å². The van der Waals surface area contributed by atoms with E-state index in [1.54, 1.807) is 0 Å². The van der Waals surface area contributed by atoms with Crippen molar-refractivity contribution in [1.82, 2.24) is 15.5 Å². The molecule has 9 heteroatoms. The second-order valence-corrected chi connectivity index (χ2v) is 4.29. The zero-order chi connectivity index (χ0) is 14.5. The smallest absolute Gasteiger partial charge is 0.269 e. The van der Waals surface area contributed by atoms with Crippen molar-refractivity contribution in [3.05, 3.63) is 17.5 Å². The van der Waals surface area contributed by atoms with Gasteiger partial charge in [0, 0.05) is 12.5 Å². The van der Waals surface area contributed by atoms with Gasteiger partial charge < -0.3 is 25.6 Å². The van der Waals surface area contributed by atoms with Crippen molar-refractivity contribution < 1.29 is 24.2 Å². The number of hydrogen-bond donors (Lipinski definition) is 4. The van der Waals surface area contributed by atoms with E-state index in [1.807, 2.05) is 0 Å². The van der Waals surface area contributed by atoms with Crippen molar-refractivity contribution in [1.29, 1.82) is 0 Å². The zero-order valence-corrected chi connectivity index (χ0v) is 10.7. The van der Waals surface area contributed by atoms with E-state index in [0.717, 1.165) is 0 Å². The van der Waals surface area contributed by atoms with Gasteiger partial charge in [-0.25, -0.2) is 0 Å². The van der Waals surface area contributed by atoms with Gasteiger partial charge in [0.1, 0.15) is 5.69 Å². The maximum Gasteiger partial charge on any atom is 0.269 e. The van der Waals surface area contributed by atoms with E-state index in [2.05, 4.69) is 15.5 Å². The number of ether oxygens (including phenoxy) is 2. The SMILES string of the molecule is NC(=O)c1cc(C(=O)NC(CO)CC2OCCO2)[nH]n1. The van der Waals surface area contributed by atoms with Crippen LogP contribution in [0.3, 0.4) is 0 Å². The minimum Gasteiger partial charge on any atom is -0.394 e. The van der Waals surface area contributed by atoms with Crippen molar-refractivity contribution >= 4 is 11.8 Å².